The van der Waals surface area contributed by atoms with E-state index in [9.17, 15) is 9.59 Å². The molecule has 0 unspecified atom stereocenters. The van der Waals surface area contributed by atoms with Gasteiger partial charge in [0.1, 0.15) is 0 Å². The van der Waals surface area contributed by atoms with E-state index in [0.29, 0.717) is 17.9 Å². The largest absolute Gasteiger partial charge is 0.465 e. The molecule has 0 atom stereocenters. The molecule has 4 rings (SSSR count). The topological polar surface area (TPSA) is 73.2 Å². The summed E-state index contributed by atoms with van der Waals surface area (Å²) in [5, 5.41) is 3.30. The molecule has 0 bridgehead atoms. The molecule has 0 radical (unpaired) electrons. The summed E-state index contributed by atoms with van der Waals surface area (Å²) in [4.78, 5) is 29.5. The van der Waals surface area contributed by atoms with Crippen LogP contribution >= 0.6 is 0 Å². The van der Waals surface area contributed by atoms with Gasteiger partial charge in [-0.15, -0.1) is 0 Å². The van der Waals surface area contributed by atoms with Gasteiger partial charge in [-0.05, 0) is 55.8 Å². The summed E-state index contributed by atoms with van der Waals surface area (Å²) >= 11 is 0. The van der Waals surface area contributed by atoms with E-state index in [1.807, 2.05) is 41.0 Å². The SMILES string of the molecule is COC(=O)c1ccc(Cn2c(C(=O)C3CCNCC3)nc3ccccc32)cc1. The molecule has 28 heavy (non-hydrogen) atoms. The van der Waals surface area contributed by atoms with Gasteiger partial charge in [0.2, 0.25) is 5.78 Å². The third kappa shape index (κ3) is 3.55. The lowest BCUT2D eigenvalue weighted by atomic mass is 9.93. The summed E-state index contributed by atoms with van der Waals surface area (Å²) < 4.78 is 6.75. The highest BCUT2D eigenvalue weighted by molar-refractivity contribution is 5.98. The van der Waals surface area contributed by atoms with Crippen molar-refractivity contribution in [2.75, 3.05) is 20.2 Å². The number of ether oxygens (including phenoxy) is 1. The third-order valence-corrected chi connectivity index (χ3v) is 5.30. The van der Waals surface area contributed by atoms with Crippen molar-refractivity contribution in [1.29, 1.82) is 0 Å². The molecule has 0 spiro atoms. The van der Waals surface area contributed by atoms with Crippen LogP contribution in [-0.4, -0.2) is 41.5 Å². The van der Waals surface area contributed by atoms with Crippen molar-refractivity contribution in [2.45, 2.75) is 19.4 Å². The molecule has 0 amide bonds. The molecule has 2 aromatic carbocycles. The lowest BCUT2D eigenvalue weighted by Crippen LogP contribution is -2.33. The molecule has 1 N–H and O–H groups in total. The number of para-hydroxylation sites is 2. The van der Waals surface area contributed by atoms with Gasteiger partial charge in [-0.2, -0.15) is 0 Å². The summed E-state index contributed by atoms with van der Waals surface area (Å²) in [5.41, 5.74) is 3.27. The number of carbonyl (C=O) groups is 2. The fraction of sp³-hybridized carbons (Fsp3) is 0.318. The molecule has 1 fully saturated rings. The molecule has 1 saturated heterocycles. The molecule has 1 aliphatic heterocycles. The number of imidazole rings is 1. The lowest BCUT2D eigenvalue weighted by Gasteiger charge is -2.21. The third-order valence-electron chi connectivity index (χ3n) is 5.30. The van der Waals surface area contributed by atoms with Gasteiger partial charge in [0.25, 0.3) is 0 Å². The van der Waals surface area contributed by atoms with Gasteiger partial charge < -0.3 is 14.6 Å². The quantitative estimate of drug-likeness (QED) is 0.546. The Morgan fingerprint density at radius 3 is 2.54 bits per heavy atom. The van der Waals surface area contributed by atoms with Crippen LogP contribution < -0.4 is 5.32 Å². The van der Waals surface area contributed by atoms with Gasteiger partial charge in [-0.25, -0.2) is 9.78 Å². The first kappa shape index (κ1) is 18.4. The number of methoxy groups -OCH3 is 1. The summed E-state index contributed by atoms with van der Waals surface area (Å²) in [5.74, 6) is 0.286. The Morgan fingerprint density at radius 1 is 1.11 bits per heavy atom. The predicted octanol–water partition coefficient (Wildman–Crippen LogP) is 3.05. The van der Waals surface area contributed by atoms with E-state index in [1.54, 1.807) is 12.1 Å². The smallest absolute Gasteiger partial charge is 0.337 e. The van der Waals surface area contributed by atoms with Crippen LogP contribution in [0.5, 0.6) is 0 Å². The molecule has 2 heterocycles. The summed E-state index contributed by atoms with van der Waals surface area (Å²) in [6.07, 6.45) is 1.69. The van der Waals surface area contributed by atoms with Gasteiger partial charge in [-0.3, -0.25) is 4.79 Å². The van der Waals surface area contributed by atoms with Crippen LogP contribution in [0.15, 0.2) is 48.5 Å². The summed E-state index contributed by atoms with van der Waals surface area (Å²) in [6, 6.07) is 15.1. The number of carbonyl (C=O) groups excluding carboxylic acids is 2. The Labute approximate surface area is 163 Å². The molecule has 0 saturated carbocycles. The number of nitrogens with zero attached hydrogens (tertiary/aromatic N) is 2. The Kier molecular flexibility index (Phi) is 5.21. The van der Waals surface area contributed by atoms with Gasteiger partial charge in [0.05, 0.1) is 23.7 Å². The second-order valence-electron chi connectivity index (χ2n) is 7.09. The van der Waals surface area contributed by atoms with Gasteiger partial charge >= 0.3 is 5.97 Å². The van der Waals surface area contributed by atoms with E-state index < -0.39 is 0 Å². The number of fused-ring (bicyclic) bond motifs is 1. The number of hydrogen-bond acceptors (Lipinski definition) is 5. The fourth-order valence-corrected chi connectivity index (χ4v) is 3.74. The Morgan fingerprint density at radius 2 is 1.82 bits per heavy atom. The number of hydrogen-bond donors (Lipinski definition) is 1. The van der Waals surface area contributed by atoms with Crippen molar-refractivity contribution in [3.05, 3.63) is 65.5 Å². The first-order valence-electron chi connectivity index (χ1n) is 9.55. The number of Topliss-reactive ketones (excluding diaryl/α,β-unsaturated/α-hetero) is 1. The molecule has 1 aliphatic rings. The monoisotopic (exact) mass is 377 g/mol. The van der Waals surface area contributed by atoms with E-state index in [2.05, 4.69) is 10.3 Å². The van der Waals surface area contributed by atoms with Crippen LogP contribution in [0.25, 0.3) is 11.0 Å². The molecule has 144 valence electrons. The van der Waals surface area contributed by atoms with Crippen molar-refractivity contribution in [1.82, 2.24) is 14.9 Å². The highest BCUT2D eigenvalue weighted by Gasteiger charge is 2.27. The maximum absolute atomic E-state index is 13.2. The van der Waals surface area contributed by atoms with Crippen LogP contribution in [0.3, 0.4) is 0 Å². The molecule has 3 aromatic rings. The van der Waals surface area contributed by atoms with Crippen molar-refractivity contribution in [3.63, 3.8) is 0 Å². The van der Waals surface area contributed by atoms with Gasteiger partial charge in [-0.1, -0.05) is 24.3 Å². The first-order chi connectivity index (χ1) is 13.7. The molecule has 0 aliphatic carbocycles. The molecular weight excluding hydrogens is 354 g/mol. The standard InChI is InChI=1S/C22H23N3O3/c1-28-22(27)17-8-6-15(7-9-17)14-25-19-5-3-2-4-18(19)24-21(25)20(26)16-10-12-23-13-11-16/h2-9,16,23H,10-14H2,1H3. The molecule has 6 nitrogen and oxygen atoms in total. The minimum Gasteiger partial charge on any atom is -0.465 e. The van der Waals surface area contributed by atoms with Gasteiger partial charge in [0.15, 0.2) is 5.82 Å². The number of nitrogens with one attached hydrogen (secondary N) is 1. The summed E-state index contributed by atoms with van der Waals surface area (Å²) in [6.45, 7) is 2.26. The van der Waals surface area contributed by atoms with Crippen LogP contribution in [-0.2, 0) is 11.3 Å². The van der Waals surface area contributed by atoms with E-state index in [-0.39, 0.29) is 17.7 Å². The molecule has 1 aromatic heterocycles. The minimum atomic E-state index is -0.360. The number of esters is 1. The van der Waals surface area contributed by atoms with E-state index in [1.165, 1.54) is 7.11 Å². The second kappa shape index (κ2) is 7.94. The highest BCUT2D eigenvalue weighted by atomic mass is 16.5. The van der Waals surface area contributed by atoms with Crippen LogP contribution in [0.4, 0.5) is 0 Å². The molecular formula is C22H23N3O3. The van der Waals surface area contributed by atoms with Crippen molar-refractivity contribution in [2.24, 2.45) is 5.92 Å². The Hall–Kier alpha value is -2.99. The Bertz CT molecular complexity index is 1000. The normalized spacial score (nSPS) is 14.9. The van der Waals surface area contributed by atoms with E-state index in [0.717, 1.165) is 42.5 Å². The van der Waals surface area contributed by atoms with Crippen molar-refractivity contribution >= 4 is 22.8 Å². The van der Waals surface area contributed by atoms with E-state index in [4.69, 9.17) is 4.74 Å². The number of benzene rings is 2. The van der Waals surface area contributed by atoms with Crippen molar-refractivity contribution in [3.8, 4) is 0 Å². The number of ketones is 1. The average Bonchev–Trinajstić information content (AvgIpc) is 3.12. The number of piperidine rings is 1. The lowest BCUT2D eigenvalue weighted by molar-refractivity contribution is 0.0600. The number of aromatic nitrogens is 2. The van der Waals surface area contributed by atoms with Gasteiger partial charge in [0, 0.05) is 12.5 Å². The predicted molar refractivity (Wildman–Crippen MR) is 107 cm³/mol. The van der Waals surface area contributed by atoms with Crippen LogP contribution in [0.1, 0.15) is 39.4 Å². The Balaban J connectivity index is 1.69. The van der Waals surface area contributed by atoms with Crippen LogP contribution in [0.2, 0.25) is 0 Å². The minimum absolute atomic E-state index is 0.0125. The van der Waals surface area contributed by atoms with E-state index >= 15 is 0 Å². The van der Waals surface area contributed by atoms with Crippen LogP contribution in [0, 0.1) is 5.92 Å². The van der Waals surface area contributed by atoms with Crippen molar-refractivity contribution < 1.29 is 14.3 Å². The maximum Gasteiger partial charge on any atom is 0.337 e. The second-order valence-corrected chi connectivity index (χ2v) is 7.09. The number of rotatable bonds is 5. The fourth-order valence-electron chi connectivity index (χ4n) is 3.74. The highest BCUT2D eigenvalue weighted by Crippen LogP contribution is 2.23. The average molecular weight is 377 g/mol. The first-order valence-corrected chi connectivity index (χ1v) is 9.55. The summed E-state index contributed by atoms with van der Waals surface area (Å²) in [7, 11) is 1.37. The molecule has 6 heteroatoms. The zero-order valence-corrected chi connectivity index (χ0v) is 15.9. The zero-order chi connectivity index (χ0) is 19.5. The maximum atomic E-state index is 13.2. The zero-order valence-electron chi connectivity index (χ0n) is 15.9.